The molecule has 0 aliphatic carbocycles. The summed E-state index contributed by atoms with van der Waals surface area (Å²) in [6, 6.07) is 7.74. The molecule has 16 heavy (non-hydrogen) atoms. The molecule has 0 atom stereocenters. The Hall–Kier alpha value is -0.678. The Morgan fingerprint density at radius 2 is 1.94 bits per heavy atom. The van der Waals surface area contributed by atoms with Gasteiger partial charge in [0.2, 0.25) is 0 Å². The van der Waals surface area contributed by atoms with E-state index < -0.39 is 23.8 Å². The van der Waals surface area contributed by atoms with Crippen LogP contribution >= 0.6 is 0 Å². The molecule has 0 aliphatic heterocycles. The van der Waals surface area contributed by atoms with Gasteiger partial charge in [-0.25, -0.2) is 0 Å². The van der Waals surface area contributed by atoms with Gasteiger partial charge in [-0.15, -0.1) is 0 Å². The molecule has 1 aromatic carbocycles. The van der Waals surface area contributed by atoms with Crippen LogP contribution in [0, 0.1) is 6.92 Å². The quantitative estimate of drug-likeness (QED) is 0.435. The molecule has 0 fully saturated rings. The monoisotopic (exact) mass is 404 g/mol. The molecule has 0 heterocycles. The van der Waals surface area contributed by atoms with Crippen LogP contribution in [-0.4, -0.2) is 30.7 Å². The molecule has 1 aromatic rings. The zero-order chi connectivity index (χ0) is 12.6. The Kier molecular flexibility index (Phi) is 8.11. The van der Waals surface area contributed by atoms with Gasteiger partial charge in [0.15, 0.2) is 6.29 Å². The summed E-state index contributed by atoms with van der Waals surface area (Å²) in [5.74, 6) is 0. The summed E-state index contributed by atoms with van der Waals surface area (Å²) in [5.41, 5.74) is 2.05. The number of aryl methyl sites for hydroxylation is 1. The Balaban J connectivity index is 0.000000487. The molecule has 0 bridgehead atoms. The van der Waals surface area contributed by atoms with E-state index in [9.17, 15) is 0 Å². The standard InChI is InChI=1S/C9H13NO2.2H2O.O.Re/c1-7-3-2-4-8(5-7)10-6-9(11)12;;;;/h2-5,9-12H,6H2,1H3;2*1H2;;/q;;;;+2/p-2. The van der Waals surface area contributed by atoms with Crippen molar-refractivity contribution in [3.05, 3.63) is 29.8 Å². The first-order valence-corrected chi connectivity index (χ1v) is 7.88. The molecular weight excluding hydrogens is 388 g/mol. The molecule has 6 nitrogen and oxygen atoms in total. The van der Waals surface area contributed by atoms with Crippen LogP contribution in [0.1, 0.15) is 5.56 Å². The number of hydrogen-bond acceptors (Lipinski definition) is 4. The molecule has 0 saturated heterocycles. The van der Waals surface area contributed by atoms with Crippen LogP contribution < -0.4 is 5.32 Å². The number of aliphatic hydroxyl groups is 2. The van der Waals surface area contributed by atoms with E-state index in [4.69, 9.17) is 21.3 Å². The first-order chi connectivity index (χ1) is 7.41. The summed E-state index contributed by atoms with van der Waals surface area (Å²) in [4.78, 5) is 0. The van der Waals surface area contributed by atoms with Crippen molar-refractivity contribution in [3.8, 4) is 0 Å². The Morgan fingerprint density at radius 3 is 2.38 bits per heavy atom. The molecule has 0 aliphatic rings. The molecule has 0 amide bonds. The third-order valence-electron chi connectivity index (χ3n) is 1.51. The van der Waals surface area contributed by atoms with Crippen LogP contribution in [0.4, 0.5) is 5.69 Å². The van der Waals surface area contributed by atoms with Crippen molar-refractivity contribution in [2.45, 2.75) is 13.2 Å². The van der Waals surface area contributed by atoms with Crippen molar-refractivity contribution in [3.63, 3.8) is 0 Å². The SMILES string of the molecule is Cc1cccc(NCC(O)O)c1.[O]=[Re]([OH])[OH]. The fraction of sp³-hybridized carbons (Fsp3) is 0.333. The van der Waals surface area contributed by atoms with Crippen LogP contribution in [0.3, 0.4) is 0 Å². The summed E-state index contributed by atoms with van der Waals surface area (Å²) in [6.07, 6.45) is -1.30. The predicted molar refractivity (Wildman–Crippen MR) is 53.0 cm³/mol. The summed E-state index contributed by atoms with van der Waals surface area (Å²) in [7, 11) is 0. The summed E-state index contributed by atoms with van der Waals surface area (Å²) in [5, 5.41) is 20.0. The maximum absolute atomic E-state index is 8.82. The normalized spacial score (nSPS) is 9.94. The van der Waals surface area contributed by atoms with Crippen LogP contribution in [0.2, 0.25) is 0 Å². The average Bonchev–Trinajstić information content (AvgIpc) is 2.14. The summed E-state index contributed by atoms with van der Waals surface area (Å²) >= 11 is -3.71. The van der Waals surface area contributed by atoms with Gasteiger partial charge in [-0.2, -0.15) is 0 Å². The molecule has 93 valence electrons. The fourth-order valence-electron chi connectivity index (χ4n) is 0.964. The van der Waals surface area contributed by atoms with Crippen LogP contribution in [-0.2, 0) is 20.9 Å². The van der Waals surface area contributed by atoms with E-state index >= 15 is 0 Å². The van der Waals surface area contributed by atoms with Crippen molar-refractivity contribution in [2.75, 3.05) is 11.9 Å². The van der Waals surface area contributed by atoms with Crippen LogP contribution in [0.25, 0.3) is 0 Å². The number of nitrogens with one attached hydrogen (secondary N) is 1. The number of benzene rings is 1. The van der Waals surface area contributed by atoms with E-state index in [-0.39, 0.29) is 6.54 Å². The molecule has 0 radical (unpaired) electrons. The van der Waals surface area contributed by atoms with Gasteiger partial charge in [-0.05, 0) is 24.6 Å². The van der Waals surface area contributed by atoms with Crippen molar-refractivity contribution in [2.24, 2.45) is 0 Å². The topological polar surface area (TPSA) is 110 Å². The van der Waals surface area contributed by atoms with Crippen LogP contribution in [0.15, 0.2) is 24.3 Å². The van der Waals surface area contributed by atoms with E-state index in [1.165, 1.54) is 0 Å². The number of anilines is 1. The van der Waals surface area contributed by atoms with Crippen LogP contribution in [0.5, 0.6) is 0 Å². The van der Waals surface area contributed by atoms with Gasteiger partial charge < -0.3 is 15.5 Å². The van der Waals surface area contributed by atoms with E-state index in [2.05, 4.69) is 5.32 Å². The Morgan fingerprint density at radius 1 is 1.38 bits per heavy atom. The van der Waals surface area contributed by atoms with Gasteiger partial charge in [0.05, 0.1) is 6.54 Å². The Bertz CT molecular complexity index is 327. The van der Waals surface area contributed by atoms with Gasteiger partial charge >= 0.3 is 28.6 Å². The second-order valence-electron chi connectivity index (χ2n) is 2.94. The van der Waals surface area contributed by atoms with Crippen molar-refractivity contribution in [1.82, 2.24) is 0 Å². The molecule has 7 heteroatoms. The summed E-state index contributed by atoms with van der Waals surface area (Å²) in [6.45, 7) is 2.14. The molecule has 0 saturated carbocycles. The predicted octanol–water partition coefficient (Wildman–Crippen LogP) is -0.518. The molecule has 5 N–H and O–H groups in total. The van der Waals surface area contributed by atoms with Crippen molar-refractivity contribution < 1.29 is 38.8 Å². The average molecular weight is 403 g/mol. The van der Waals surface area contributed by atoms with E-state index in [1.54, 1.807) is 0 Å². The zero-order valence-corrected chi connectivity index (χ0v) is 11.4. The first-order valence-electron chi connectivity index (χ1n) is 4.34. The Labute approximate surface area is 99.6 Å². The number of hydrogen-bond donors (Lipinski definition) is 5. The minimum absolute atomic E-state index is 0.156. The third-order valence-corrected chi connectivity index (χ3v) is 1.51. The van der Waals surface area contributed by atoms with Gasteiger partial charge in [-0.3, -0.25) is 0 Å². The zero-order valence-electron chi connectivity index (χ0n) is 8.67. The minimum atomic E-state index is -3.71. The number of rotatable bonds is 3. The van der Waals surface area contributed by atoms with Gasteiger partial charge in [0.25, 0.3) is 0 Å². The third kappa shape index (κ3) is 9.86. The molecule has 0 aromatic heterocycles. The van der Waals surface area contributed by atoms with Crippen molar-refractivity contribution >= 4 is 5.69 Å². The fourth-order valence-corrected chi connectivity index (χ4v) is 0.964. The molecule has 1 rings (SSSR count). The van der Waals surface area contributed by atoms with E-state index in [0.717, 1.165) is 11.3 Å². The van der Waals surface area contributed by atoms with E-state index in [0.29, 0.717) is 0 Å². The first kappa shape index (κ1) is 15.3. The number of aliphatic hydroxyl groups excluding tert-OH is 1. The second-order valence-corrected chi connectivity index (χ2v) is 4.48. The maximum atomic E-state index is 8.82. The van der Waals surface area contributed by atoms with Gasteiger partial charge in [-0.1, -0.05) is 12.1 Å². The molecule has 0 spiro atoms. The molecule has 0 unspecified atom stereocenters. The van der Waals surface area contributed by atoms with Crippen molar-refractivity contribution in [1.29, 1.82) is 0 Å². The second kappa shape index (κ2) is 8.47. The molecular formula is C9H15NO5Re. The van der Waals surface area contributed by atoms with Gasteiger partial charge in [0.1, 0.15) is 0 Å². The summed E-state index contributed by atoms with van der Waals surface area (Å²) < 4.78 is 23.3. The van der Waals surface area contributed by atoms with Gasteiger partial charge in [0, 0.05) is 5.69 Å². The van der Waals surface area contributed by atoms with E-state index in [1.807, 2.05) is 31.2 Å².